The van der Waals surface area contributed by atoms with Gasteiger partial charge in [0.25, 0.3) is 0 Å². The van der Waals surface area contributed by atoms with Gasteiger partial charge in [0.2, 0.25) is 0 Å². The zero-order valence-electron chi connectivity index (χ0n) is 13.8. The van der Waals surface area contributed by atoms with Crippen molar-refractivity contribution in [2.24, 2.45) is 0 Å². The minimum atomic E-state index is -0.120. The van der Waals surface area contributed by atoms with Crippen molar-refractivity contribution >= 4 is 17.0 Å². The van der Waals surface area contributed by atoms with E-state index in [-0.39, 0.29) is 5.82 Å². The summed E-state index contributed by atoms with van der Waals surface area (Å²) in [4.78, 5) is 7.38. The van der Waals surface area contributed by atoms with Crippen LogP contribution in [0.5, 0.6) is 0 Å². The van der Waals surface area contributed by atoms with E-state index in [1.54, 1.807) is 12.1 Å². The number of benzene rings is 1. The average molecular weight is 346 g/mol. The zero-order valence-corrected chi connectivity index (χ0v) is 14.6. The summed E-state index contributed by atoms with van der Waals surface area (Å²) in [5.74, 6) is -0.120. The molecule has 128 valence electrons. The molecule has 2 saturated heterocycles. The molecule has 0 spiro atoms. The number of hydrogen-bond donors (Lipinski definition) is 0. The van der Waals surface area contributed by atoms with E-state index in [4.69, 9.17) is 4.74 Å². The van der Waals surface area contributed by atoms with Crippen LogP contribution in [0.3, 0.4) is 0 Å². The van der Waals surface area contributed by atoms with Crippen molar-refractivity contribution in [3.05, 3.63) is 52.0 Å². The molecule has 1 atom stereocenters. The van der Waals surface area contributed by atoms with Crippen LogP contribution in [0.15, 0.2) is 36.4 Å². The highest BCUT2D eigenvalue weighted by atomic mass is 32.1. The molecule has 5 heteroatoms. The van der Waals surface area contributed by atoms with Crippen LogP contribution in [0.25, 0.3) is 0 Å². The predicted octanol–water partition coefficient (Wildman–Crippen LogP) is 4.06. The molecule has 2 fully saturated rings. The Hall–Kier alpha value is -1.43. The first kappa shape index (κ1) is 16.1. The van der Waals surface area contributed by atoms with E-state index >= 15 is 0 Å². The van der Waals surface area contributed by atoms with Gasteiger partial charge in [0.1, 0.15) is 5.82 Å². The van der Waals surface area contributed by atoms with Crippen molar-refractivity contribution in [3.8, 4) is 0 Å². The predicted molar refractivity (Wildman–Crippen MR) is 96.1 cm³/mol. The number of para-hydroxylation sites is 1. The molecule has 0 radical (unpaired) electrons. The molecular weight excluding hydrogens is 323 g/mol. The molecule has 3 heterocycles. The van der Waals surface area contributed by atoms with Gasteiger partial charge >= 0.3 is 0 Å². The van der Waals surface area contributed by atoms with Crippen LogP contribution in [-0.2, 0) is 11.3 Å². The monoisotopic (exact) mass is 346 g/mol. The normalized spacial score (nSPS) is 22.2. The highest BCUT2D eigenvalue weighted by Gasteiger charge is 2.22. The van der Waals surface area contributed by atoms with E-state index in [1.165, 1.54) is 16.2 Å². The number of thiophene rings is 1. The molecule has 0 bridgehead atoms. The quantitative estimate of drug-likeness (QED) is 0.830. The summed E-state index contributed by atoms with van der Waals surface area (Å²) < 4.78 is 19.7. The molecule has 24 heavy (non-hydrogen) atoms. The first-order valence-corrected chi connectivity index (χ1v) is 9.53. The molecule has 0 N–H and O–H groups in total. The van der Waals surface area contributed by atoms with E-state index in [0.717, 1.165) is 51.4 Å². The van der Waals surface area contributed by atoms with E-state index in [9.17, 15) is 4.39 Å². The maximum absolute atomic E-state index is 13.9. The summed E-state index contributed by atoms with van der Waals surface area (Å²) in [6.45, 7) is 5.59. The first-order chi connectivity index (χ1) is 11.8. The molecule has 0 aliphatic carbocycles. The van der Waals surface area contributed by atoms with Gasteiger partial charge in [-0.3, -0.25) is 4.90 Å². The fourth-order valence-corrected chi connectivity index (χ4v) is 4.67. The molecule has 1 aromatic carbocycles. The Labute approximate surface area is 146 Å². The number of nitrogens with zero attached hydrogens (tertiary/aromatic N) is 2. The third kappa shape index (κ3) is 3.48. The lowest BCUT2D eigenvalue weighted by atomic mass is 10.2. The lowest BCUT2D eigenvalue weighted by Gasteiger charge is -2.36. The molecule has 2 aliphatic rings. The van der Waals surface area contributed by atoms with Crippen molar-refractivity contribution in [2.45, 2.75) is 25.5 Å². The lowest BCUT2D eigenvalue weighted by Crippen LogP contribution is -2.46. The fourth-order valence-electron chi connectivity index (χ4n) is 3.53. The molecule has 4 rings (SSSR count). The van der Waals surface area contributed by atoms with Gasteiger partial charge in [-0.15, -0.1) is 11.3 Å². The molecule has 3 nitrogen and oxygen atoms in total. The maximum Gasteiger partial charge on any atom is 0.146 e. The number of ether oxygens (including phenoxy) is 1. The fraction of sp³-hybridized carbons (Fsp3) is 0.474. The summed E-state index contributed by atoms with van der Waals surface area (Å²) in [5.41, 5.74) is 0.731. The second kappa shape index (κ2) is 7.21. The van der Waals surface area contributed by atoms with Crippen LogP contribution in [0.4, 0.5) is 10.1 Å². The number of hydrogen-bond acceptors (Lipinski definition) is 4. The largest absolute Gasteiger partial charge is 0.373 e. The minimum Gasteiger partial charge on any atom is -0.373 e. The van der Waals surface area contributed by atoms with Gasteiger partial charge in [-0.2, -0.15) is 0 Å². The van der Waals surface area contributed by atoms with E-state index < -0.39 is 0 Å². The molecule has 2 aliphatic heterocycles. The number of halogens is 1. The SMILES string of the molecule is Fc1ccccc1N1CCN(Cc2ccc(C3CCCO3)s2)CC1. The Morgan fingerprint density at radius 3 is 2.67 bits per heavy atom. The smallest absolute Gasteiger partial charge is 0.146 e. The Morgan fingerprint density at radius 1 is 1.08 bits per heavy atom. The van der Waals surface area contributed by atoms with Crippen LogP contribution in [-0.4, -0.2) is 37.7 Å². The molecule has 1 aromatic heterocycles. The van der Waals surface area contributed by atoms with Crippen LogP contribution in [0.1, 0.15) is 28.7 Å². The topological polar surface area (TPSA) is 15.7 Å². The number of piperazine rings is 1. The van der Waals surface area contributed by atoms with Gasteiger partial charge in [-0.05, 0) is 37.1 Å². The third-order valence-corrected chi connectivity index (χ3v) is 6.04. The molecule has 0 amide bonds. The van der Waals surface area contributed by atoms with Crippen molar-refractivity contribution in [2.75, 3.05) is 37.7 Å². The summed E-state index contributed by atoms with van der Waals surface area (Å²) in [7, 11) is 0. The zero-order chi connectivity index (χ0) is 16.4. The highest BCUT2D eigenvalue weighted by Crippen LogP contribution is 2.33. The standard InChI is InChI=1S/C19H23FN2OS/c20-16-4-1-2-5-17(16)22-11-9-21(10-12-22)14-15-7-8-19(24-15)18-6-3-13-23-18/h1-2,4-5,7-8,18H,3,6,9-14H2. The summed E-state index contributed by atoms with van der Waals surface area (Å²) in [6.07, 6.45) is 2.65. The average Bonchev–Trinajstić information content (AvgIpc) is 3.27. The van der Waals surface area contributed by atoms with Gasteiger partial charge in [0, 0.05) is 49.1 Å². The summed E-state index contributed by atoms with van der Waals surface area (Å²) in [6, 6.07) is 11.5. The van der Waals surface area contributed by atoms with Crippen molar-refractivity contribution in [1.82, 2.24) is 4.90 Å². The van der Waals surface area contributed by atoms with E-state index in [2.05, 4.69) is 21.9 Å². The van der Waals surface area contributed by atoms with Crippen LogP contribution in [0, 0.1) is 5.82 Å². The van der Waals surface area contributed by atoms with Gasteiger partial charge in [0.05, 0.1) is 11.8 Å². The Kier molecular flexibility index (Phi) is 4.83. The van der Waals surface area contributed by atoms with Crippen LogP contribution >= 0.6 is 11.3 Å². The molecule has 2 aromatic rings. The Morgan fingerprint density at radius 2 is 1.92 bits per heavy atom. The molecule has 1 unspecified atom stereocenters. The van der Waals surface area contributed by atoms with Gasteiger partial charge in [-0.1, -0.05) is 12.1 Å². The van der Waals surface area contributed by atoms with Crippen molar-refractivity contribution in [1.29, 1.82) is 0 Å². The highest BCUT2D eigenvalue weighted by molar-refractivity contribution is 7.12. The lowest BCUT2D eigenvalue weighted by molar-refractivity contribution is 0.114. The van der Waals surface area contributed by atoms with Crippen LogP contribution < -0.4 is 4.90 Å². The summed E-state index contributed by atoms with van der Waals surface area (Å²) >= 11 is 1.88. The summed E-state index contributed by atoms with van der Waals surface area (Å²) in [5, 5.41) is 0. The Bertz CT molecular complexity index is 676. The Balaban J connectivity index is 1.32. The van der Waals surface area contributed by atoms with Crippen LogP contribution in [0.2, 0.25) is 0 Å². The van der Waals surface area contributed by atoms with Gasteiger partial charge in [0.15, 0.2) is 0 Å². The van der Waals surface area contributed by atoms with E-state index in [1.807, 2.05) is 23.5 Å². The van der Waals surface area contributed by atoms with Crippen molar-refractivity contribution < 1.29 is 9.13 Å². The maximum atomic E-state index is 13.9. The van der Waals surface area contributed by atoms with Gasteiger partial charge < -0.3 is 9.64 Å². The van der Waals surface area contributed by atoms with Gasteiger partial charge in [-0.25, -0.2) is 4.39 Å². The second-order valence-corrected chi connectivity index (χ2v) is 7.72. The number of rotatable bonds is 4. The molecular formula is C19H23FN2OS. The van der Waals surface area contributed by atoms with E-state index in [0.29, 0.717) is 6.10 Å². The number of anilines is 1. The molecule has 0 saturated carbocycles. The second-order valence-electron chi connectivity index (χ2n) is 6.52. The van der Waals surface area contributed by atoms with Crippen molar-refractivity contribution in [3.63, 3.8) is 0 Å². The first-order valence-electron chi connectivity index (χ1n) is 8.71. The third-order valence-electron chi connectivity index (χ3n) is 4.87. The minimum absolute atomic E-state index is 0.120.